The summed E-state index contributed by atoms with van der Waals surface area (Å²) in [4.78, 5) is 24.5. The second-order valence-corrected chi connectivity index (χ2v) is 3.99. The zero-order chi connectivity index (χ0) is 13.5. The summed E-state index contributed by atoms with van der Waals surface area (Å²) < 4.78 is 0. The van der Waals surface area contributed by atoms with Gasteiger partial charge in [0, 0.05) is 32.6 Å². The Kier molecular flexibility index (Phi) is 4.88. The highest BCUT2D eigenvalue weighted by Gasteiger charge is 2.08. The minimum atomic E-state index is -0.279. The quantitative estimate of drug-likeness (QED) is 0.851. The van der Waals surface area contributed by atoms with Crippen molar-refractivity contribution >= 4 is 11.8 Å². The molecule has 0 aliphatic rings. The minimum absolute atomic E-state index is 0.0407. The van der Waals surface area contributed by atoms with Gasteiger partial charge in [-0.1, -0.05) is 6.07 Å². The molecule has 0 fully saturated rings. The molecule has 0 aliphatic carbocycles. The van der Waals surface area contributed by atoms with Crippen molar-refractivity contribution in [2.24, 2.45) is 0 Å². The van der Waals surface area contributed by atoms with Crippen LogP contribution in [0.3, 0.4) is 0 Å². The Morgan fingerprint density at radius 1 is 1.39 bits per heavy atom. The lowest BCUT2D eigenvalue weighted by Crippen LogP contribution is -2.30. The summed E-state index contributed by atoms with van der Waals surface area (Å²) in [5.41, 5.74) is 0.860. The molecule has 18 heavy (non-hydrogen) atoms. The lowest BCUT2D eigenvalue weighted by atomic mass is 10.1. The third kappa shape index (κ3) is 3.91. The number of benzene rings is 1. The number of carbonyl (C=O) groups is 2. The van der Waals surface area contributed by atoms with Crippen LogP contribution < -0.4 is 5.32 Å². The standard InChI is InChI=1S/C13H15N3O2/c1-16(2)12(17)6-7-15-13(18)11-5-3-4-10(8-11)9-14/h3-5,8H,6-7H2,1-2H3,(H,15,18). The Bertz CT molecular complexity index is 489. The van der Waals surface area contributed by atoms with Gasteiger partial charge in [0.1, 0.15) is 0 Å². The van der Waals surface area contributed by atoms with Gasteiger partial charge in [0.2, 0.25) is 5.91 Å². The van der Waals surface area contributed by atoms with Crippen LogP contribution in [0.25, 0.3) is 0 Å². The number of nitrogens with one attached hydrogen (secondary N) is 1. The molecule has 0 spiro atoms. The largest absolute Gasteiger partial charge is 0.352 e. The lowest BCUT2D eigenvalue weighted by molar-refractivity contribution is -0.128. The van der Waals surface area contributed by atoms with Crippen LogP contribution in [0, 0.1) is 11.3 Å². The molecule has 1 aromatic carbocycles. The van der Waals surface area contributed by atoms with Gasteiger partial charge in [-0.15, -0.1) is 0 Å². The van der Waals surface area contributed by atoms with Crippen molar-refractivity contribution in [2.45, 2.75) is 6.42 Å². The maximum Gasteiger partial charge on any atom is 0.251 e. The van der Waals surface area contributed by atoms with E-state index in [0.717, 1.165) is 0 Å². The SMILES string of the molecule is CN(C)C(=O)CCNC(=O)c1cccc(C#N)c1. The van der Waals surface area contributed by atoms with Crippen molar-refractivity contribution in [3.8, 4) is 6.07 Å². The van der Waals surface area contributed by atoms with Gasteiger partial charge < -0.3 is 10.2 Å². The summed E-state index contributed by atoms with van der Waals surface area (Å²) in [6.45, 7) is 0.284. The molecule has 94 valence electrons. The Hall–Kier alpha value is -2.35. The number of carbonyl (C=O) groups excluding carboxylic acids is 2. The van der Waals surface area contributed by atoms with Crippen LogP contribution in [-0.4, -0.2) is 37.4 Å². The van der Waals surface area contributed by atoms with Crippen molar-refractivity contribution in [2.75, 3.05) is 20.6 Å². The van der Waals surface area contributed by atoms with E-state index in [1.807, 2.05) is 6.07 Å². The number of hydrogen-bond acceptors (Lipinski definition) is 3. The molecule has 0 aromatic heterocycles. The predicted molar refractivity (Wildman–Crippen MR) is 66.8 cm³/mol. The normalized spacial score (nSPS) is 9.39. The molecule has 0 aliphatic heterocycles. The highest BCUT2D eigenvalue weighted by atomic mass is 16.2. The summed E-state index contributed by atoms with van der Waals surface area (Å²) in [5.74, 6) is -0.320. The number of nitrogens with zero attached hydrogens (tertiary/aromatic N) is 2. The van der Waals surface area contributed by atoms with Gasteiger partial charge in [-0.25, -0.2) is 0 Å². The molecule has 1 rings (SSSR count). The summed E-state index contributed by atoms with van der Waals surface area (Å²) in [7, 11) is 3.33. The van der Waals surface area contributed by atoms with Crippen LogP contribution in [0.5, 0.6) is 0 Å². The van der Waals surface area contributed by atoms with E-state index in [2.05, 4.69) is 5.32 Å². The molecule has 1 N–H and O–H groups in total. The first-order valence-electron chi connectivity index (χ1n) is 5.53. The summed E-state index contributed by atoms with van der Waals surface area (Å²) in [6, 6.07) is 8.40. The number of rotatable bonds is 4. The first-order valence-corrected chi connectivity index (χ1v) is 5.53. The fourth-order valence-corrected chi connectivity index (χ4v) is 1.34. The monoisotopic (exact) mass is 245 g/mol. The molecule has 0 atom stereocenters. The molecule has 5 nitrogen and oxygen atoms in total. The van der Waals surface area contributed by atoms with E-state index < -0.39 is 0 Å². The smallest absolute Gasteiger partial charge is 0.251 e. The second kappa shape index (κ2) is 6.40. The van der Waals surface area contributed by atoms with Crippen molar-refractivity contribution in [3.05, 3.63) is 35.4 Å². The average Bonchev–Trinajstić information content (AvgIpc) is 2.38. The lowest BCUT2D eigenvalue weighted by Gasteiger charge is -2.10. The molecule has 1 aromatic rings. The summed E-state index contributed by atoms with van der Waals surface area (Å²) in [5, 5.41) is 11.4. The summed E-state index contributed by atoms with van der Waals surface area (Å²) >= 11 is 0. The van der Waals surface area contributed by atoms with Crippen molar-refractivity contribution in [3.63, 3.8) is 0 Å². The molecule has 0 bridgehead atoms. The molecule has 0 radical (unpaired) electrons. The van der Waals surface area contributed by atoms with Gasteiger partial charge in [0.25, 0.3) is 5.91 Å². The zero-order valence-corrected chi connectivity index (χ0v) is 10.4. The maximum atomic E-state index is 11.7. The molecular formula is C13H15N3O2. The van der Waals surface area contributed by atoms with E-state index in [1.54, 1.807) is 32.3 Å². The van der Waals surface area contributed by atoms with Crippen LogP contribution >= 0.6 is 0 Å². The molecule has 0 saturated carbocycles. The van der Waals surface area contributed by atoms with Gasteiger partial charge in [-0.05, 0) is 18.2 Å². The molecular weight excluding hydrogens is 230 g/mol. The Labute approximate surface area is 106 Å². The zero-order valence-electron chi connectivity index (χ0n) is 10.4. The van der Waals surface area contributed by atoms with Crippen LogP contribution in [0.15, 0.2) is 24.3 Å². The fourth-order valence-electron chi connectivity index (χ4n) is 1.34. The Balaban J connectivity index is 2.51. The average molecular weight is 245 g/mol. The van der Waals surface area contributed by atoms with Gasteiger partial charge in [-0.2, -0.15) is 5.26 Å². The van der Waals surface area contributed by atoms with Gasteiger partial charge in [0.15, 0.2) is 0 Å². The van der Waals surface area contributed by atoms with Crippen molar-refractivity contribution < 1.29 is 9.59 Å². The van der Waals surface area contributed by atoms with Crippen LogP contribution in [0.2, 0.25) is 0 Å². The fraction of sp³-hybridized carbons (Fsp3) is 0.308. The van der Waals surface area contributed by atoms with Crippen molar-refractivity contribution in [1.29, 1.82) is 5.26 Å². The van der Waals surface area contributed by atoms with E-state index in [1.165, 1.54) is 11.0 Å². The van der Waals surface area contributed by atoms with E-state index in [-0.39, 0.29) is 24.8 Å². The van der Waals surface area contributed by atoms with E-state index in [0.29, 0.717) is 11.1 Å². The summed E-state index contributed by atoms with van der Waals surface area (Å²) in [6.07, 6.45) is 0.261. The van der Waals surface area contributed by atoms with Gasteiger partial charge in [-0.3, -0.25) is 9.59 Å². The van der Waals surface area contributed by atoms with E-state index in [9.17, 15) is 9.59 Å². The maximum absolute atomic E-state index is 11.7. The van der Waals surface area contributed by atoms with Crippen LogP contribution in [0.1, 0.15) is 22.3 Å². The molecule has 0 saturated heterocycles. The third-order valence-corrected chi connectivity index (χ3v) is 2.38. The van der Waals surface area contributed by atoms with Crippen molar-refractivity contribution in [1.82, 2.24) is 10.2 Å². The highest BCUT2D eigenvalue weighted by Crippen LogP contribution is 2.03. The molecule has 0 heterocycles. The second-order valence-electron chi connectivity index (χ2n) is 3.99. The van der Waals surface area contributed by atoms with Crippen LogP contribution in [-0.2, 0) is 4.79 Å². The number of hydrogen-bond donors (Lipinski definition) is 1. The molecule has 5 heteroatoms. The van der Waals surface area contributed by atoms with Gasteiger partial charge >= 0.3 is 0 Å². The minimum Gasteiger partial charge on any atom is -0.352 e. The highest BCUT2D eigenvalue weighted by molar-refractivity contribution is 5.94. The number of nitriles is 1. The van der Waals surface area contributed by atoms with E-state index in [4.69, 9.17) is 5.26 Å². The van der Waals surface area contributed by atoms with Crippen LogP contribution in [0.4, 0.5) is 0 Å². The predicted octanol–water partition coefficient (Wildman–Crippen LogP) is 0.766. The third-order valence-electron chi connectivity index (χ3n) is 2.38. The molecule has 0 unspecified atom stereocenters. The van der Waals surface area contributed by atoms with E-state index >= 15 is 0 Å². The Morgan fingerprint density at radius 2 is 2.11 bits per heavy atom. The van der Waals surface area contributed by atoms with Gasteiger partial charge in [0.05, 0.1) is 11.6 Å². The number of amides is 2. The topological polar surface area (TPSA) is 73.2 Å². The first-order chi connectivity index (χ1) is 8.54. The Morgan fingerprint density at radius 3 is 2.72 bits per heavy atom. The first kappa shape index (κ1) is 13.7. The molecule has 2 amide bonds.